The highest BCUT2D eigenvalue weighted by atomic mass is 79.9. The second kappa shape index (κ2) is 12.2. The van der Waals surface area contributed by atoms with Crippen LogP contribution >= 0.6 is 40.7 Å². The van der Waals surface area contributed by atoms with Crippen LogP contribution in [0, 0.1) is 0 Å². The third kappa shape index (κ3) is 6.26. The van der Waals surface area contributed by atoms with Crippen molar-refractivity contribution in [3.05, 3.63) is 22.2 Å². The quantitative estimate of drug-likeness (QED) is 0.607. The summed E-state index contributed by atoms with van der Waals surface area (Å²) in [5.74, 6) is 0.825. The predicted octanol–water partition coefficient (Wildman–Crippen LogP) is 4.53. The van der Waals surface area contributed by atoms with Crippen LogP contribution in [0.4, 0.5) is 0 Å². The lowest BCUT2D eigenvalue weighted by atomic mass is 9.97. The van der Waals surface area contributed by atoms with Gasteiger partial charge in [-0.2, -0.15) is 0 Å². The maximum absolute atomic E-state index is 10.6. The molecule has 0 aliphatic carbocycles. The Hall–Kier alpha value is -0.200. The van der Waals surface area contributed by atoms with E-state index in [1.807, 2.05) is 12.1 Å². The average Bonchev–Trinajstić information content (AvgIpc) is 2.54. The molecule has 0 bridgehead atoms. The molecule has 1 aliphatic heterocycles. The van der Waals surface area contributed by atoms with Crippen molar-refractivity contribution in [2.24, 2.45) is 0 Å². The number of hydrogen-bond acceptors (Lipinski definition) is 4. The number of phenolic OH excluding ortho intramolecular Hbond substituents is 1. The van der Waals surface area contributed by atoms with Gasteiger partial charge >= 0.3 is 0 Å². The van der Waals surface area contributed by atoms with Crippen LogP contribution in [0.2, 0.25) is 0 Å². The second-order valence-corrected chi connectivity index (χ2v) is 6.76. The van der Waals surface area contributed by atoms with Crippen molar-refractivity contribution in [1.82, 2.24) is 10.2 Å². The van der Waals surface area contributed by atoms with Crippen molar-refractivity contribution < 1.29 is 9.84 Å². The summed E-state index contributed by atoms with van der Waals surface area (Å²) < 4.78 is 6.27. The third-order valence-corrected chi connectivity index (χ3v) is 4.78. The summed E-state index contributed by atoms with van der Waals surface area (Å²) in [7, 11) is 1.60. The van der Waals surface area contributed by atoms with E-state index in [0.29, 0.717) is 5.75 Å². The molecule has 140 valence electrons. The van der Waals surface area contributed by atoms with Crippen molar-refractivity contribution in [3.8, 4) is 11.5 Å². The Labute approximate surface area is 166 Å². The Bertz CT molecular complexity index is 486. The molecule has 0 unspecified atom stereocenters. The topological polar surface area (TPSA) is 44.7 Å². The Kier molecular flexibility index (Phi) is 12.1. The number of ether oxygens (including phenoxy) is 1. The first kappa shape index (κ1) is 23.8. The highest BCUT2D eigenvalue weighted by Crippen LogP contribution is 2.40. The summed E-state index contributed by atoms with van der Waals surface area (Å²) in [4.78, 5) is 2.48. The van der Waals surface area contributed by atoms with Crippen LogP contribution in [0.1, 0.15) is 44.2 Å². The lowest BCUT2D eigenvalue weighted by molar-refractivity contribution is 0.159. The van der Waals surface area contributed by atoms with Gasteiger partial charge in [0, 0.05) is 42.3 Å². The molecule has 0 saturated carbocycles. The van der Waals surface area contributed by atoms with Crippen molar-refractivity contribution >= 4 is 40.7 Å². The largest absolute Gasteiger partial charge is 0.504 e. The van der Waals surface area contributed by atoms with Crippen molar-refractivity contribution in [2.75, 3.05) is 33.3 Å². The first-order chi connectivity index (χ1) is 10.7. The molecular weight excluding hydrogens is 415 g/mol. The van der Waals surface area contributed by atoms with Crippen molar-refractivity contribution in [1.29, 1.82) is 0 Å². The molecular formula is C17H29BrCl2N2O2. The van der Waals surface area contributed by atoms with E-state index >= 15 is 0 Å². The lowest BCUT2D eigenvalue weighted by Crippen LogP contribution is -2.45. The van der Waals surface area contributed by atoms with E-state index in [4.69, 9.17) is 4.74 Å². The fourth-order valence-electron chi connectivity index (χ4n) is 3.12. The van der Waals surface area contributed by atoms with Crippen LogP contribution in [0.5, 0.6) is 11.5 Å². The van der Waals surface area contributed by atoms with Gasteiger partial charge in [-0.3, -0.25) is 4.90 Å². The minimum Gasteiger partial charge on any atom is -0.504 e. The number of halogens is 3. The molecule has 0 amide bonds. The monoisotopic (exact) mass is 442 g/mol. The zero-order chi connectivity index (χ0) is 15.9. The third-order valence-electron chi connectivity index (χ3n) is 4.32. The number of hydrogen-bond donors (Lipinski definition) is 2. The maximum Gasteiger partial charge on any atom is 0.162 e. The predicted molar refractivity (Wildman–Crippen MR) is 108 cm³/mol. The van der Waals surface area contributed by atoms with Crippen LogP contribution in [0.3, 0.4) is 0 Å². The summed E-state index contributed by atoms with van der Waals surface area (Å²) in [5, 5.41) is 14.0. The number of methoxy groups -OCH3 is 1. The molecule has 2 N–H and O–H groups in total. The Morgan fingerprint density at radius 1 is 1.25 bits per heavy atom. The number of phenols is 1. The van der Waals surface area contributed by atoms with E-state index < -0.39 is 0 Å². The Morgan fingerprint density at radius 3 is 2.50 bits per heavy atom. The molecule has 4 nitrogen and oxygen atoms in total. The SMILES string of the molecule is CCCCC[C@@H](c1cc(Br)cc(OC)c1O)N1CCNCC1.Cl.Cl. The van der Waals surface area contributed by atoms with Gasteiger partial charge in [-0.25, -0.2) is 0 Å². The zero-order valence-electron chi connectivity index (χ0n) is 14.4. The van der Waals surface area contributed by atoms with E-state index in [9.17, 15) is 5.11 Å². The molecule has 0 radical (unpaired) electrons. The van der Waals surface area contributed by atoms with Crippen LogP contribution in [-0.4, -0.2) is 43.3 Å². The maximum atomic E-state index is 10.6. The first-order valence-corrected chi connectivity index (χ1v) is 8.97. The van der Waals surface area contributed by atoms with E-state index in [2.05, 4.69) is 33.1 Å². The molecule has 1 aliphatic rings. The first-order valence-electron chi connectivity index (χ1n) is 8.18. The molecule has 2 rings (SSSR count). The summed E-state index contributed by atoms with van der Waals surface area (Å²) in [6.07, 6.45) is 4.69. The molecule has 24 heavy (non-hydrogen) atoms. The van der Waals surface area contributed by atoms with Crippen molar-refractivity contribution in [3.63, 3.8) is 0 Å². The van der Waals surface area contributed by atoms with Gasteiger partial charge in [-0.15, -0.1) is 24.8 Å². The van der Waals surface area contributed by atoms with E-state index in [0.717, 1.165) is 42.6 Å². The highest BCUT2D eigenvalue weighted by molar-refractivity contribution is 9.10. The highest BCUT2D eigenvalue weighted by Gasteiger charge is 2.26. The number of nitrogens with zero attached hydrogens (tertiary/aromatic N) is 1. The van der Waals surface area contributed by atoms with Gasteiger partial charge in [-0.05, 0) is 18.6 Å². The Balaban J connectivity index is 0.00000264. The zero-order valence-corrected chi connectivity index (χ0v) is 17.6. The summed E-state index contributed by atoms with van der Waals surface area (Å²) >= 11 is 3.54. The van der Waals surface area contributed by atoms with E-state index in [1.165, 1.54) is 19.3 Å². The molecule has 1 heterocycles. The van der Waals surface area contributed by atoms with Crippen molar-refractivity contribution in [2.45, 2.75) is 38.6 Å². The summed E-state index contributed by atoms with van der Waals surface area (Å²) in [6.45, 7) is 6.28. The normalized spacial score (nSPS) is 16.0. The van der Waals surface area contributed by atoms with Gasteiger partial charge in [-0.1, -0.05) is 42.1 Å². The molecule has 1 aromatic rings. The van der Waals surface area contributed by atoms with E-state index in [-0.39, 0.29) is 36.6 Å². The number of nitrogens with one attached hydrogen (secondary N) is 1. The minimum atomic E-state index is 0. The molecule has 1 fully saturated rings. The smallest absolute Gasteiger partial charge is 0.162 e. The van der Waals surface area contributed by atoms with Gasteiger partial charge in [0.2, 0.25) is 0 Å². The number of rotatable bonds is 7. The van der Waals surface area contributed by atoms with Gasteiger partial charge in [0.05, 0.1) is 7.11 Å². The van der Waals surface area contributed by atoms with E-state index in [1.54, 1.807) is 7.11 Å². The molecule has 1 aromatic carbocycles. The molecule has 0 aromatic heterocycles. The second-order valence-electron chi connectivity index (χ2n) is 5.84. The molecule has 1 atom stereocenters. The van der Waals surface area contributed by atoms with Crippen LogP contribution in [0.15, 0.2) is 16.6 Å². The lowest BCUT2D eigenvalue weighted by Gasteiger charge is -2.36. The fourth-order valence-corrected chi connectivity index (χ4v) is 3.57. The van der Waals surface area contributed by atoms with Gasteiger partial charge in [0.15, 0.2) is 11.5 Å². The van der Waals surface area contributed by atoms with Crippen LogP contribution in [-0.2, 0) is 0 Å². The Morgan fingerprint density at radius 2 is 1.92 bits per heavy atom. The number of aromatic hydroxyl groups is 1. The number of piperazine rings is 1. The summed E-state index contributed by atoms with van der Waals surface area (Å²) in [6, 6.07) is 4.11. The van der Waals surface area contributed by atoms with Gasteiger partial charge in [0.1, 0.15) is 0 Å². The summed E-state index contributed by atoms with van der Waals surface area (Å²) in [5.41, 5.74) is 0.976. The fraction of sp³-hybridized carbons (Fsp3) is 0.647. The molecule has 0 spiro atoms. The average molecular weight is 444 g/mol. The minimum absolute atomic E-state index is 0. The van der Waals surface area contributed by atoms with Gasteiger partial charge in [0.25, 0.3) is 0 Å². The number of unbranched alkanes of at least 4 members (excludes halogenated alkanes) is 2. The van der Waals surface area contributed by atoms with Crippen LogP contribution < -0.4 is 10.1 Å². The van der Waals surface area contributed by atoms with Crippen LogP contribution in [0.25, 0.3) is 0 Å². The molecule has 1 saturated heterocycles. The molecule has 7 heteroatoms. The standard InChI is InChI=1S/C17H27BrN2O2.2ClH/c1-3-4-5-6-15(20-9-7-19-8-10-20)14-11-13(18)12-16(22-2)17(14)21;;/h11-12,15,19,21H,3-10H2,1-2H3;2*1H/t15-;;/m0../s1. The number of benzene rings is 1. The van der Waals surface area contributed by atoms with Gasteiger partial charge < -0.3 is 15.2 Å².